The van der Waals surface area contributed by atoms with E-state index in [1.54, 1.807) is 11.9 Å². The molecule has 0 radical (unpaired) electrons. The van der Waals surface area contributed by atoms with Crippen LogP contribution in [0.4, 0.5) is 5.69 Å². The number of hydrogen-bond donors (Lipinski definition) is 0. The number of anilines is 1. The van der Waals surface area contributed by atoms with E-state index < -0.39 is 5.54 Å². The number of carbonyl (C=O) groups is 2. The molecule has 2 aliphatic heterocycles. The Morgan fingerprint density at radius 2 is 2.05 bits per heavy atom. The van der Waals surface area contributed by atoms with Gasteiger partial charge in [-0.25, -0.2) is 0 Å². The topological polar surface area (TPSA) is 49.9 Å². The van der Waals surface area contributed by atoms with E-state index in [1.807, 2.05) is 50.1 Å². The van der Waals surface area contributed by atoms with Crippen molar-refractivity contribution in [2.75, 3.05) is 32.1 Å². The minimum Gasteiger partial charge on any atom is -0.466 e. The lowest BCUT2D eigenvalue weighted by atomic mass is 9.72. The van der Waals surface area contributed by atoms with Crippen LogP contribution in [-0.4, -0.2) is 49.6 Å². The van der Waals surface area contributed by atoms with Gasteiger partial charge in [0.1, 0.15) is 5.54 Å². The summed E-state index contributed by atoms with van der Waals surface area (Å²) in [6.07, 6.45) is 0. The van der Waals surface area contributed by atoms with Gasteiger partial charge in [0, 0.05) is 25.2 Å². The Hall–Kier alpha value is -1.88. The molecule has 0 aliphatic carbocycles. The van der Waals surface area contributed by atoms with E-state index in [0.717, 1.165) is 11.3 Å². The van der Waals surface area contributed by atoms with Gasteiger partial charge in [-0.2, -0.15) is 0 Å². The van der Waals surface area contributed by atoms with Crippen LogP contribution in [-0.2, 0) is 14.3 Å². The zero-order valence-corrected chi connectivity index (χ0v) is 13.5. The molecular weight excluding hydrogens is 280 g/mol. The van der Waals surface area contributed by atoms with Crippen LogP contribution in [0.2, 0.25) is 0 Å². The number of likely N-dealkylation sites (N-methyl/N-ethyl adjacent to an activating group) is 2. The molecule has 1 aromatic carbocycles. The molecule has 0 spiro atoms. The monoisotopic (exact) mass is 302 g/mol. The first-order valence-electron chi connectivity index (χ1n) is 7.67. The van der Waals surface area contributed by atoms with Crippen molar-refractivity contribution in [1.82, 2.24) is 4.90 Å². The number of hydrogen-bond acceptors (Lipinski definition) is 4. The van der Waals surface area contributed by atoms with E-state index >= 15 is 0 Å². The standard InChI is InChI=1S/C17H22N2O3/c1-5-22-15(20)12-10-18(3)17(2)14(12)11-8-6-7-9-13(11)19(4)16(17)21/h6-9,12,14H,5,10H2,1-4H3/t12-,14+,17-/m0/s1. The summed E-state index contributed by atoms with van der Waals surface area (Å²) in [4.78, 5) is 29.1. The highest BCUT2D eigenvalue weighted by molar-refractivity contribution is 6.04. The maximum absolute atomic E-state index is 13.0. The van der Waals surface area contributed by atoms with E-state index in [-0.39, 0.29) is 23.7 Å². The molecule has 0 unspecified atom stereocenters. The molecule has 2 aliphatic rings. The molecule has 5 heteroatoms. The number of ether oxygens (including phenoxy) is 1. The van der Waals surface area contributed by atoms with Gasteiger partial charge in [-0.05, 0) is 32.5 Å². The van der Waals surface area contributed by atoms with Crippen LogP contribution in [0.1, 0.15) is 25.3 Å². The molecule has 5 nitrogen and oxygen atoms in total. The largest absolute Gasteiger partial charge is 0.466 e. The van der Waals surface area contributed by atoms with Crippen LogP contribution >= 0.6 is 0 Å². The van der Waals surface area contributed by atoms with Crippen molar-refractivity contribution in [2.24, 2.45) is 5.92 Å². The molecule has 3 rings (SSSR count). The first kappa shape index (κ1) is 15.0. The number of likely N-dealkylation sites (tertiary alicyclic amines) is 1. The molecule has 1 fully saturated rings. The van der Waals surface area contributed by atoms with E-state index in [2.05, 4.69) is 0 Å². The number of benzene rings is 1. The molecule has 1 amide bonds. The van der Waals surface area contributed by atoms with Gasteiger partial charge in [0.05, 0.1) is 12.5 Å². The SMILES string of the molecule is CCOC(=O)[C@H]1CN(C)[C@]2(C)C(=O)N(C)c3ccccc3[C@H]12. The van der Waals surface area contributed by atoms with Crippen molar-refractivity contribution in [1.29, 1.82) is 0 Å². The van der Waals surface area contributed by atoms with Crippen molar-refractivity contribution in [3.63, 3.8) is 0 Å². The fourth-order valence-corrected chi connectivity index (χ4v) is 4.00. The number of para-hydroxylation sites is 1. The number of rotatable bonds is 2. The van der Waals surface area contributed by atoms with Crippen LogP contribution in [0, 0.1) is 5.92 Å². The average molecular weight is 302 g/mol. The zero-order chi connectivity index (χ0) is 16.1. The maximum atomic E-state index is 13.0. The van der Waals surface area contributed by atoms with Crippen molar-refractivity contribution in [3.05, 3.63) is 29.8 Å². The van der Waals surface area contributed by atoms with Crippen LogP contribution in [0.15, 0.2) is 24.3 Å². The van der Waals surface area contributed by atoms with Gasteiger partial charge < -0.3 is 9.64 Å². The highest BCUT2D eigenvalue weighted by Gasteiger charge is 2.60. The Balaban J connectivity index is 2.15. The Labute approximate surface area is 130 Å². The Morgan fingerprint density at radius 1 is 1.36 bits per heavy atom. The van der Waals surface area contributed by atoms with Gasteiger partial charge in [-0.3, -0.25) is 14.5 Å². The molecule has 0 aromatic heterocycles. The summed E-state index contributed by atoms with van der Waals surface area (Å²) in [5, 5.41) is 0. The number of fused-ring (bicyclic) bond motifs is 3. The van der Waals surface area contributed by atoms with Crippen molar-refractivity contribution in [3.8, 4) is 0 Å². The highest BCUT2D eigenvalue weighted by Crippen LogP contribution is 2.52. The highest BCUT2D eigenvalue weighted by atomic mass is 16.5. The third-order valence-electron chi connectivity index (χ3n) is 5.23. The minimum absolute atomic E-state index is 0.0329. The zero-order valence-electron chi connectivity index (χ0n) is 13.5. The summed E-state index contributed by atoms with van der Waals surface area (Å²) >= 11 is 0. The molecule has 3 atom stereocenters. The second kappa shape index (κ2) is 5.09. The molecule has 0 bridgehead atoms. The number of esters is 1. The van der Waals surface area contributed by atoms with Crippen molar-refractivity contribution >= 4 is 17.6 Å². The van der Waals surface area contributed by atoms with Gasteiger partial charge in [0.15, 0.2) is 0 Å². The molecule has 0 N–H and O–H groups in total. The molecule has 1 aromatic rings. The van der Waals surface area contributed by atoms with Crippen LogP contribution < -0.4 is 4.90 Å². The predicted molar refractivity (Wildman–Crippen MR) is 83.8 cm³/mol. The summed E-state index contributed by atoms with van der Waals surface area (Å²) < 4.78 is 5.25. The number of amides is 1. The van der Waals surface area contributed by atoms with Crippen molar-refractivity contribution < 1.29 is 14.3 Å². The second-order valence-electron chi connectivity index (χ2n) is 6.29. The van der Waals surface area contributed by atoms with Crippen LogP contribution in [0.3, 0.4) is 0 Å². The quantitative estimate of drug-likeness (QED) is 0.779. The van der Waals surface area contributed by atoms with Crippen LogP contribution in [0.5, 0.6) is 0 Å². The van der Waals surface area contributed by atoms with E-state index in [9.17, 15) is 9.59 Å². The summed E-state index contributed by atoms with van der Waals surface area (Å²) in [5.74, 6) is -0.661. The van der Waals surface area contributed by atoms with E-state index in [1.165, 1.54) is 0 Å². The fraction of sp³-hybridized carbons (Fsp3) is 0.529. The summed E-state index contributed by atoms with van der Waals surface area (Å²) in [5.41, 5.74) is 1.23. The smallest absolute Gasteiger partial charge is 0.310 e. The predicted octanol–water partition coefficient (Wildman–Crippen LogP) is 1.63. The molecule has 2 heterocycles. The van der Waals surface area contributed by atoms with Gasteiger partial charge >= 0.3 is 5.97 Å². The molecular formula is C17H22N2O3. The van der Waals surface area contributed by atoms with Gasteiger partial charge in [0.2, 0.25) is 5.91 Å². The third-order valence-corrected chi connectivity index (χ3v) is 5.23. The van der Waals surface area contributed by atoms with E-state index in [4.69, 9.17) is 4.74 Å². The van der Waals surface area contributed by atoms with Crippen molar-refractivity contribution in [2.45, 2.75) is 25.3 Å². The fourth-order valence-electron chi connectivity index (χ4n) is 4.00. The number of carbonyl (C=O) groups excluding carboxylic acids is 2. The maximum Gasteiger partial charge on any atom is 0.310 e. The Kier molecular flexibility index (Phi) is 3.48. The third kappa shape index (κ3) is 1.81. The average Bonchev–Trinajstić information content (AvgIpc) is 2.79. The first-order valence-corrected chi connectivity index (χ1v) is 7.67. The lowest BCUT2D eigenvalue weighted by molar-refractivity contribution is -0.148. The lowest BCUT2D eigenvalue weighted by Gasteiger charge is -2.44. The summed E-state index contributed by atoms with van der Waals surface area (Å²) in [6, 6.07) is 7.84. The second-order valence-corrected chi connectivity index (χ2v) is 6.29. The van der Waals surface area contributed by atoms with E-state index in [0.29, 0.717) is 13.2 Å². The molecule has 22 heavy (non-hydrogen) atoms. The molecule has 0 saturated carbocycles. The Bertz CT molecular complexity index is 630. The molecule has 118 valence electrons. The first-order chi connectivity index (χ1) is 10.4. The Morgan fingerprint density at radius 3 is 2.73 bits per heavy atom. The summed E-state index contributed by atoms with van der Waals surface area (Å²) in [7, 11) is 3.71. The lowest BCUT2D eigenvalue weighted by Crippen LogP contribution is -2.58. The van der Waals surface area contributed by atoms with Gasteiger partial charge in [0.25, 0.3) is 0 Å². The van der Waals surface area contributed by atoms with Gasteiger partial charge in [-0.15, -0.1) is 0 Å². The van der Waals surface area contributed by atoms with Gasteiger partial charge in [-0.1, -0.05) is 18.2 Å². The minimum atomic E-state index is -0.708. The number of nitrogens with zero attached hydrogens (tertiary/aromatic N) is 2. The molecule has 1 saturated heterocycles. The summed E-state index contributed by atoms with van der Waals surface area (Å²) in [6.45, 7) is 4.64. The normalized spacial score (nSPS) is 30.9. The van der Waals surface area contributed by atoms with Crippen LogP contribution in [0.25, 0.3) is 0 Å².